The first kappa shape index (κ1) is 19.5. The monoisotopic (exact) mass is 397 g/mol. The summed E-state index contributed by atoms with van der Waals surface area (Å²) < 4.78 is 1.77. The highest BCUT2D eigenvalue weighted by molar-refractivity contribution is 6.47. The van der Waals surface area contributed by atoms with Crippen molar-refractivity contribution < 1.29 is 9.59 Å². The third-order valence-electron chi connectivity index (χ3n) is 5.16. The number of rotatable bonds is 5. The van der Waals surface area contributed by atoms with Crippen molar-refractivity contribution in [3.63, 3.8) is 0 Å². The lowest BCUT2D eigenvalue weighted by molar-refractivity contribution is -0.112. The predicted octanol–water partition coefficient (Wildman–Crippen LogP) is 4.80. The van der Waals surface area contributed by atoms with E-state index in [0.29, 0.717) is 11.4 Å². The van der Waals surface area contributed by atoms with Crippen LogP contribution in [0.4, 0.5) is 11.4 Å². The summed E-state index contributed by atoms with van der Waals surface area (Å²) in [6, 6.07) is 23.0. The van der Waals surface area contributed by atoms with Gasteiger partial charge in [0, 0.05) is 42.7 Å². The Morgan fingerprint density at radius 3 is 2.33 bits per heavy atom. The van der Waals surface area contributed by atoms with Crippen molar-refractivity contribution in [3.8, 4) is 11.1 Å². The second kappa shape index (κ2) is 7.87. The van der Waals surface area contributed by atoms with Crippen LogP contribution in [0, 0.1) is 6.92 Å². The second-order valence-electron chi connectivity index (χ2n) is 7.45. The van der Waals surface area contributed by atoms with E-state index in [1.54, 1.807) is 10.6 Å². The Bertz CT molecular complexity index is 1240. The van der Waals surface area contributed by atoms with Gasteiger partial charge in [-0.25, -0.2) is 0 Å². The first-order valence-corrected chi connectivity index (χ1v) is 9.75. The first-order chi connectivity index (χ1) is 14.5. The summed E-state index contributed by atoms with van der Waals surface area (Å²) in [6.45, 7) is 1.91. The Kier molecular flexibility index (Phi) is 5.11. The number of aryl methyl sites for hydroxylation is 1. The number of anilines is 2. The Balaban J connectivity index is 1.72. The van der Waals surface area contributed by atoms with Gasteiger partial charge >= 0.3 is 0 Å². The number of nitrogens with one attached hydrogen (secondary N) is 1. The maximum absolute atomic E-state index is 13.3. The molecule has 0 saturated heterocycles. The van der Waals surface area contributed by atoms with E-state index in [2.05, 4.69) is 5.32 Å². The molecule has 1 amide bonds. The fourth-order valence-electron chi connectivity index (χ4n) is 3.55. The molecule has 5 heteroatoms. The van der Waals surface area contributed by atoms with Crippen LogP contribution in [0.2, 0.25) is 0 Å². The topological polar surface area (TPSA) is 53.8 Å². The highest BCUT2D eigenvalue weighted by Crippen LogP contribution is 2.29. The van der Waals surface area contributed by atoms with Crippen LogP contribution in [0.25, 0.3) is 16.6 Å². The van der Waals surface area contributed by atoms with Gasteiger partial charge in [-0.15, -0.1) is 0 Å². The van der Waals surface area contributed by atoms with Crippen LogP contribution in [-0.4, -0.2) is 30.2 Å². The van der Waals surface area contributed by atoms with Crippen LogP contribution in [0.3, 0.4) is 0 Å². The number of hydrogen-bond donors (Lipinski definition) is 1. The number of Topliss-reactive ketones (excluding diaryl/α,β-unsaturated/α-hetero) is 1. The van der Waals surface area contributed by atoms with Crippen LogP contribution < -0.4 is 10.2 Å². The molecule has 0 saturated carbocycles. The van der Waals surface area contributed by atoms with Gasteiger partial charge in [0.15, 0.2) is 0 Å². The smallest absolute Gasteiger partial charge is 0.298 e. The third kappa shape index (κ3) is 3.57. The third-order valence-corrected chi connectivity index (χ3v) is 5.16. The van der Waals surface area contributed by atoms with Gasteiger partial charge in [-0.05, 0) is 54.4 Å². The highest BCUT2D eigenvalue weighted by Gasteiger charge is 2.25. The molecule has 2 aromatic heterocycles. The van der Waals surface area contributed by atoms with Crippen LogP contribution in [0.15, 0.2) is 79.0 Å². The Morgan fingerprint density at radius 1 is 0.900 bits per heavy atom. The maximum Gasteiger partial charge on any atom is 0.298 e. The minimum atomic E-state index is -0.656. The summed E-state index contributed by atoms with van der Waals surface area (Å²) >= 11 is 0. The molecule has 4 aromatic rings. The van der Waals surface area contributed by atoms with E-state index in [4.69, 9.17) is 0 Å². The molecule has 0 unspecified atom stereocenters. The zero-order valence-electron chi connectivity index (χ0n) is 17.2. The van der Waals surface area contributed by atoms with Crippen LogP contribution in [0.1, 0.15) is 16.1 Å². The molecule has 0 bridgehead atoms. The Labute approximate surface area is 175 Å². The molecule has 0 fully saturated rings. The number of carbonyl (C=O) groups is 2. The number of ketones is 1. The van der Waals surface area contributed by atoms with Crippen LogP contribution in [-0.2, 0) is 4.79 Å². The molecule has 4 rings (SSSR count). The van der Waals surface area contributed by atoms with E-state index < -0.39 is 11.7 Å². The Morgan fingerprint density at radius 2 is 1.63 bits per heavy atom. The number of nitrogens with zero attached hydrogens (tertiary/aromatic N) is 2. The lowest BCUT2D eigenvalue weighted by Crippen LogP contribution is -2.25. The molecular formula is C25H23N3O2. The SMILES string of the molecule is Cc1cc(N(C)C)ccc1NC(=O)C(=O)c1c(-c2ccccc2)cc2ccccn12. The quantitative estimate of drug-likeness (QED) is 0.389. The number of benzene rings is 2. The molecule has 0 aliphatic carbocycles. The van der Waals surface area contributed by atoms with Gasteiger partial charge in [0.25, 0.3) is 11.7 Å². The van der Waals surface area contributed by atoms with Crippen molar-refractivity contribution >= 4 is 28.6 Å². The summed E-state index contributed by atoms with van der Waals surface area (Å²) in [7, 11) is 3.92. The van der Waals surface area contributed by atoms with Crippen molar-refractivity contribution in [2.75, 3.05) is 24.3 Å². The largest absolute Gasteiger partial charge is 0.378 e. The summed E-state index contributed by atoms with van der Waals surface area (Å²) in [5, 5.41) is 2.79. The average molecular weight is 397 g/mol. The first-order valence-electron chi connectivity index (χ1n) is 9.75. The highest BCUT2D eigenvalue weighted by atomic mass is 16.2. The molecule has 0 atom stereocenters. The van der Waals surface area contributed by atoms with Gasteiger partial charge in [-0.2, -0.15) is 0 Å². The summed E-state index contributed by atoms with van der Waals surface area (Å²) in [5.41, 5.74) is 5.40. The lowest BCUT2D eigenvalue weighted by Gasteiger charge is -2.15. The van der Waals surface area contributed by atoms with Gasteiger partial charge in [0.05, 0.1) is 0 Å². The molecule has 0 radical (unpaired) electrons. The van der Waals surface area contributed by atoms with Crippen molar-refractivity contribution in [1.29, 1.82) is 0 Å². The number of hydrogen-bond acceptors (Lipinski definition) is 3. The van der Waals surface area contributed by atoms with E-state index in [9.17, 15) is 9.59 Å². The molecule has 0 aliphatic heterocycles. The van der Waals surface area contributed by atoms with Gasteiger partial charge in [-0.3, -0.25) is 9.59 Å². The van der Waals surface area contributed by atoms with Gasteiger partial charge < -0.3 is 14.6 Å². The zero-order chi connectivity index (χ0) is 21.3. The van der Waals surface area contributed by atoms with E-state index in [1.165, 1.54) is 0 Å². The van der Waals surface area contributed by atoms with Gasteiger partial charge in [0.1, 0.15) is 5.69 Å². The molecule has 2 heterocycles. The van der Waals surface area contributed by atoms with Crippen molar-refractivity contribution in [3.05, 3.63) is 90.3 Å². The second-order valence-corrected chi connectivity index (χ2v) is 7.45. The summed E-state index contributed by atoms with van der Waals surface area (Å²) in [4.78, 5) is 28.2. The van der Waals surface area contributed by atoms with E-state index in [-0.39, 0.29) is 0 Å². The number of amides is 1. The normalized spacial score (nSPS) is 10.8. The molecule has 2 aromatic carbocycles. The summed E-state index contributed by atoms with van der Waals surface area (Å²) in [5.74, 6) is -1.23. The minimum Gasteiger partial charge on any atom is -0.378 e. The van der Waals surface area contributed by atoms with Crippen LogP contribution in [0.5, 0.6) is 0 Å². The number of carbonyl (C=O) groups excluding carboxylic acids is 2. The fraction of sp³-hybridized carbons (Fsp3) is 0.120. The molecule has 0 aliphatic rings. The van der Waals surface area contributed by atoms with Crippen LogP contribution >= 0.6 is 0 Å². The molecule has 150 valence electrons. The summed E-state index contributed by atoms with van der Waals surface area (Å²) in [6.07, 6.45) is 1.80. The molecule has 30 heavy (non-hydrogen) atoms. The van der Waals surface area contributed by atoms with Crippen molar-refractivity contribution in [2.24, 2.45) is 0 Å². The van der Waals surface area contributed by atoms with E-state index in [0.717, 1.165) is 27.9 Å². The fourth-order valence-corrected chi connectivity index (χ4v) is 3.55. The van der Waals surface area contributed by atoms with Gasteiger partial charge in [-0.1, -0.05) is 36.4 Å². The number of fused-ring (bicyclic) bond motifs is 1. The van der Waals surface area contributed by atoms with Gasteiger partial charge in [0.2, 0.25) is 0 Å². The standard InChI is InChI=1S/C25H23N3O2/c1-17-15-19(27(2)3)12-13-22(17)26-25(30)24(29)23-21(18-9-5-4-6-10-18)16-20-11-7-8-14-28(20)23/h4-16H,1-3H3,(H,26,30). The Hall–Kier alpha value is -3.86. The predicted molar refractivity (Wildman–Crippen MR) is 121 cm³/mol. The lowest BCUT2D eigenvalue weighted by atomic mass is 10.0. The zero-order valence-corrected chi connectivity index (χ0v) is 17.2. The molecular weight excluding hydrogens is 374 g/mol. The van der Waals surface area contributed by atoms with E-state index >= 15 is 0 Å². The molecule has 1 N–H and O–H groups in total. The molecule has 0 spiro atoms. The van der Waals surface area contributed by atoms with E-state index in [1.807, 2.05) is 98.7 Å². The molecule has 5 nitrogen and oxygen atoms in total. The number of pyridine rings is 1. The van der Waals surface area contributed by atoms with Crippen molar-refractivity contribution in [2.45, 2.75) is 6.92 Å². The average Bonchev–Trinajstić information content (AvgIpc) is 3.14. The number of aromatic nitrogens is 1. The maximum atomic E-state index is 13.3. The minimum absolute atomic E-state index is 0.358. The van der Waals surface area contributed by atoms with Crippen molar-refractivity contribution in [1.82, 2.24) is 4.40 Å².